The number of halogens is 6. The van der Waals surface area contributed by atoms with Crippen molar-refractivity contribution in [2.45, 2.75) is 56.8 Å². The van der Waals surface area contributed by atoms with Crippen LogP contribution >= 0.6 is 69.6 Å². The topological polar surface area (TPSA) is 167 Å². The van der Waals surface area contributed by atoms with Gasteiger partial charge in [-0.25, -0.2) is 0 Å². The molecular formula is C41H57Cl6NO11S2. The van der Waals surface area contributed by atoms with Crippen LogP contribution in [0.4, 0.5) is 0 Å². The SMILES string of the molecule is CO[C@@H]1CNCC[C@@H]1Cc1ccc(Cl)c(Cl)c1.CO[C@H](CO)[C@H](CCO)Cc1ccc(Cl)c(Cl)c1.CO[C@H](COS(C)(=O)=O)[C@H](CCOS(C)(=O)=O)Cc1ccc(Cl)c(Cl)c1. The lowest BCUT2D eigenvalue weighted by molar-refractivity contribution is 0.000252. The zero-order valence-electron chi connectivity index (χ0n) is 34.8. The van der Waals surface area contributed by atoms with E-state index < -0.39 is 26.3 Å². The molecule has 1 heterocycles. The number of hydrogen-bond donors (Lipinski definition) is 3. The molecule has 3 aromatic carbocycles. The van der Waals surface area contributed by atoms with Gasteiger partial charge in [0.05, 0.1) is 80.8 Å². The summed E-state index contributed by atoms with van der Waals surface area (Å²) >= 11 is 35.7. The summed E-state index contributed by atoms with van der Waals surface area (Å²) in [6, 6.07) is 16.4. The third-order valence-corrected chi connectivity index (χ3v) is 13.3. The fourth-order valence-corrected chi connectivity index (χ4v) is 8.40. The summed E-state index contributed by atoms with van der Waals surface area (Å²) < 4.78 is 70.5. The van der Waals surface area contributed by atoms with Gasteiger partial charge in [-0.05, 0) is 116 Å². The Morgan fingerprint density at radius 2 is 1.15 bits per heavy atom. The molecule has 3 N–H and O–H groups in total. The Morgan fingerprint density at radius 3 is 1.57 bits per heavy atom. The summed E-state index contributed by atoms with van der Waals surface area (Å²) in [5, 5.41) is 24.7. The maximum atomic E-state index is 11.2. The van der Waals surface area contributed by atoms with E-state index in [2.05, 4.69) is 5.32 Å². The van der Waals surface area contributed by atoms with Crippen molar-refractivity contribution in [1.82, 2.24) is 5.32 Å². The highest BCUT2D eigenvalue weighted by molar-refractivity contribution is 7.86. The molecular weight excluding hydrogens is 959 g/mol. The predicted molar refractivity (Wildman–Crippen MR) is 246 cm³/mol. The van der Waals surface area contributed by atoms with E-state index in [9.17, 15) is 21.9 Å². The molecule has 1 fully saturated rings. The minimum Gasteiger partial charge on any atom is -0.396 e. The largest absolute Gasteiger partial charge is 0.396 e. The number of aliphatic hydroxyl groups is 2. The second-order valence-corrected chi connectivity index (χ2v) is 20.2. The number of ether oxygens (including phenoxy) is 3. The van der Waals surface area contributed by atoms with Gasteiger partial charge in [0.15, 0.2) is 0 Å². The second kappa shape index (κ2) is 28.8. The van der Waals surface area contributed by atoms with Gasteiger partial charge in [0, 0.05) is 34.5 Å². The summed E-state index contributed by atoms with van der Waals surface area (Å²) in [6.07, 6.45) is 5.44. The van der Waals surface area contributed by atoms with Gasteiger partial charge in [-0.2, -0.15) is 16.8 Å². The molecule has 4 rings (SSSR count). The van der Waals surface area contributed by atoms with Crippen LogP contribution in [0.1, 0.15) is 36.0 Å². The Morgan fingerprint density at radius 1 is 0.672 bits per heavy atom. The summed E-state index contributed by atoms with van der Waals surface area (Å²) in [5.74, 6) is 0.321. The zero-order valence-corrected chi connectivity index (χ0v) is 41.0. The molecule has 6 atom stereocenters. The average Bonchev–Trinajstić information content (AvgIpc) is 3.19. The number of methoxy groups -OCH3 is 3. The summed E-state index contributed by atoms with van der Waals surface area (Å²) in [6.45, 7) is 1.73. The molecule has 12 nitrogen and oxygen atoms in total. The van der Waals surface area contributed by atoms with Gasteiger partial charge in [0.1, 0.15) is 0 Å². The monoisotopic (exact) mass is 1010 g/mol. The molecule has 1 saturated heterocycles. The van der Waals surface area contributed by atoms with Crippen LogP contribution in [0.25, 0.3) is 0 Å². The summed E-state index contributed by atoms with van der Waals surface area (Å²) in [4.78, 5) is 0. The van der Waals surface area contributed by atoms with Crippen LogP contribution < -0.4 is 5.32 Å². The maximum absolute atomic E-state index is 11.2. The Kier molecular flexibility index (Phi) is 26.5. The second-order valence-electron chi connectivity index (χ2n) is 14.5. The molecule has 3 aromatic rings. The molecule has 0 radical (unpaired) electrons. The third-order valence-electron chi connectivity index (χ3n) is 9.88. The van der Waals surface area contributed by atoms with Crippen LogP contribution in [-0.4, -0.2) is 119 Å². The minimum atomic E-state index is -3.64. The number of hydrogen-bond acceptors (Lipinski definition) is 12. The summed E-state index contributed by atoms with van der Waals surface area (Å²) in [5.41, 5.74) is 3.08. The van der Waals surface area contributed by atoms with E-state index in [1.54, 1.807) is 44.6 Å². The normalized spacial score (nSPS) is 17.6. The molecule has 0 saturated carbocycles. The zero-order chi connectivity index (χ0) is 45.8. The van der Waals surface area contributed by atoms with E-state index in [4.69, 9.17) is 97.3 Å². The van der Waals surface area contributed by atoms with Gasteiger partial charge in [-0.15, -0.1) is 0 Å². The third kappa shape index (κ3) is 22.1. The van der Waals surface area contributed by atoms with Crippen molar-refractivity contribution in [1.29, 1.82) is 0 Å². The number of rotatable bonds is 21. The van der Waals surface area contributed by atoms with E-state index in [1.165, 1.54) is 12.7 Å². The average molecular weight is 1020 g/mol. The van der Waals surface area contributed by atoms with Crippen molar-refractivity contribution in [2.75, 3.05) is 73.4 Å². The molecule has 0 aromatic heterocycles. The highest BCUT2D eigenvalue weighted by Crippen LogP contribution is 2.29. The van der Waals surface area contributed by atoms with E-state index in [-0.39, 0.29) is 44.4 Å². The number of aliphatic hydroxyl groups excluding tert-OH is 2. The van der Waals surface area contributed by atoms with Gasteiger partial charge < -0.3 is 29.7 Å². The van der Waals surface area contributed by atoms with Gasteiger partial charge in [-0.1, -0.05) is 87.8 Å². The smallest absolute Gasteiger partial charge is 0.264 e. The first-order valence-electron chi connectivity index (χ1n) is 19.2. The molecule has 0 amide bonds. The molecule has 0 aliphatic carbocycles. The van der Waals surface area contributed by atoms with Crippen LogP contribution in [0.15, 0.2) is 54.6 Å². The van der Waals surface area contributed by atoms with Crippen molar-refractivity contribution in [3.8, 4) is 0 Å². The Labute approximate surface area is 391 Å². The van der Waals surface area contributed by atoms with Crippen LogP contribution in [0.2, 0.25) is 30.1 Å². The van der Waals surface area contributed by atoms with Crippen molar-refractivity contribution in [3.05, 3.63) is 101 Å². The van der Waals surface area contributed by atoms with Gasteiger partial charge in [0.25, 0.3) is 20.2 Å². The molecule has 61 heavy (non-hydrogen) atoms. The molecule has 1 aliphatic heterocycles. The fraction of sp³-hybridized carbons (Fsp3) is 0.561. The lowest BCUT2D eigenvalue weighted by Crippen LogP contribution is -2.42. The molecule has 20 heteroatoms. The van der Waals surface area contributed by atoms with Crippen molar-refractivity contribution < 1.29 is 49.6 Å². The Balaban J connectivity index is 0.000000325. The first-order chi connectivity index (χ1) is 28.7. The van der Waals surface area contributed by atoms with E-state index >= 15 is 0 Å². The molecule has 0 bridgehead atoms. The Hall–Kier alpha value is -1.02. The standard InChI is InChI=1S/C15H22Cl2O7S2.C13H17Cl2NO.C13H18Cl2O3/c1-22-15(10-24-26(3,20)21)12(6-7-23-25(2,18)19)8-11-4-5-13(16)14(17)9-11;1-17-13-8-16-5-4-10(13)6-9-2-3-11(14)12(15)7-9;1-18-13(8-17)10(4-5-16)6-9-2-3-11(14)12(15)7-9/h4-5,9,12,15H,6-8,10H2,1-3H3;2-3,7,10,13,16H,4-6,8H2,1H3;2-3,7,10,13,16-17H,4-6,8H2,1H3/t12-,15-;2*10-,13-/m111/s1. The molecule has 0 spiro atoms. The highest BCUT2D eigenvalue weighted by atomic mass is 35.5. The quantitative estimate of drug-likeness (QED) is 0.0877. The lowest BCUT2D eigenvalue weighted by Gasteiger charge is -2.31. The predicted octanol–water partition coefficient (Wildman–Crippen LogP) is 8.21. The number of piperidine rings is 1. The maximum Gasteiger partial charge on any atom is 0.264 e. The number of nitrogens with one attached hydrogen (secondary N) is 1. The summed E-state index contributed by atoms with van der Waals surface area (Å²) in [7, 11) is -2.46. The van der Waals surface area contributed by atoms with Gasteiger partial charge >= 0.3 is 0 Å². The lowest BCUT2D eigenvalue weighted by atomic mass is 9.88. The minimum absolute atomic E-state index is 0.0437. The highest BCUT2D eigenvalue weighted by Gasteiger charge is 2.26. The first-order valence-corrected chi connectivity index (χ1v) is 25.1. The number of benzene rings is 3. The van der Waals surface area contributed by atoms with Crippen molar-refractivity contribution in [2.24, 2.45) is 17.8 Å². The Bertz CT molecular complexity index is 1980. The van der Waals surface area contributed by atoms with E-state index in [1.807, 2.05) is 24.3 Å². The first kappa shape index (κ1) is 56.1. The van der Waals surface area contributed by atoms with Crippen molar-refractivity contribution in [3.63, 3.8) is 0 Å². The van der Waals surface area contributed by atoms with Crippen LogP contribution in [-0.2, 0) is 62.1 Å². The van der Waals surface area contributed by atoms with Crippen molar-refractivity contribution >= 4 is 89.8 Å². The van der Waals surface area contributed by atoms with Crippen LogP contribution in [0.3, 0.4) is 0 Å². The van der Waals surface area contributed by atoms with E-state index in [0.717, 1.165) is 49.6 Å². The van der Waals surface area contributed by atoms with Crippen LogP contribution in [0.5, 0.6) is 0 Å². The molecule has 1 aliphatic rings. The fourth-order valence-electron chi connectivity index (χ4n) is 6.66. The van der Waals surface area contributed by atoms with E-state index in [0.29, 0.717) is 67.8 Å². The molecule has 346 valence electrons. The molecule has 0 unspecified atom stereocenters. The van der Waals surface area contributed by atoms with Gasteiger partial charge in [-0.3, -0.25) is 8.37 Å². The van der Waals surface area contributed by atoms with Gasteiger partial charge in [0.2, 0.25) is 0 Å². The van der Waals surface area contributed by atoms with Crippen LogP contribution in [0, 0.1) is 17.8 Å².